The molecule has 0 saturated heterocycles. The molecule has 0 aliphatic rings. The van der Waals surface area contributed by atoms with Gasteiger partial charge in [0.05, 0.1) is 12.1 Å². The van der Waals surface area contributed by atoms with E-state index in [0.29, 0.717) is 22.6 Å². The summed E-state index contributed by atoms with van der Waals surface area (Å²) < 4.78 is 5.59. The van der Waals surface area contributed by atoms with E-state index < -0.39 is 0 Å². The minimum absolute atomic E-state index is 0.247. The van der Waals surface area contributed by atoms with Crippen molar-refractivity contribution in [3.05, 3.63) is 34.6 Å². The summed E-state index contributed by atoms with van der Waals surface area (Å²) >= 11 is 6.20. The highest BCUT2D eigenvalue weighted by Crippen LogP contribution is 2.26. The number of hydrogen-bond donors (Lipinski definition) is 1. The molecule has 2 aromatic rings. The van der Waals surface area contributed by atoms with Crippen LogP contribution in [0.1, 0.15) is 25.2 Å². The van der Waals surface area contributed by atoms with Crippen molar-refractivity contribution < 1.29 is 4.74 Å². The quantitative estimate of drug-likeness (QED) is 0.882. The Kier molecular flexibility index (Phi) is 4.92. The molecule has 1 aromatic heterocycles. The number of halogens is 1. The third-order valence-electron chi connectivity index (χ3n) is 2.62. The van der Waals surface area contributed by atoms with Gasteiger partial charge in [0.15, 0.2) is 6.61 Å². The smallest absolute Gasteiger partial charge is 0.212 e. The molecule has 7 heteroatoms. The van der Waals surface area contributed by atoms with Gasteiger partial charge in [-0.3, -0.25) is 0 Å². The molecule has 1 aromatic carbocycles. The SMILES string of the molecule is CC(C)NCc1ccc(OCc2nnn(C)n2)c(Cl)c1. The van der Waals surface area contributed by atoms with E-state index in [4.69, 9.17) is 16.3 Å². The second kappa shape index (κ2) is 6.67. The molecule has 1 N–H and O–H groups in total. The Balaban J connectivity index is 1.95. The molecule has 2 rings (SSSR count). The summed E-state index contributed by atoms with van der Waals surface area (Å²) in [5.74, 6) is 1.14. The number of aromatic nitrogens is 4. The summed E-state index contributed by atoms with van der Waals surface area (Å²) in [5.41, 5.74) is 1.12. The second-order valence-electron chi connectivity index (χ2n) is 4.78. The van der Waals surface area contributed by atoms with Crippen molar-refractivity contribution in [1.82, 2.24) is 25.5 Å². The van der Waals surface area contributed by atoms with Crippen molar-refractivity contribution in [1.29, 1.82) is 0 Å². The molecule has 0 radical (unpaired) electrons. The Morgan fingerprint density at radius 3 is 2.80 bits per heavy atom. The van der Waals surface area contributed by atoms with Crippen LogP contribution in [0.5, 0.6) is 5.75 Å². The molecule has 20 heavy (non-hydrogen) atoms. The number of rotatable bonds is 6. The molecule has 0 fully saturated rings. The molecular formula is C13H18ClN5O. The summed E-state index contributed by atoms with van der Waals surface area (Å²) in [6, 6.07) is 6.18. The summed E-state index contributed by atoms with van der Waals surface area (Å²) in [7, 11) is 1.71. The Morgan fingerprint density at radius 2 is 2.20 bits per heavy atom. The standard InChI is InChI=1S/C13H18ClN5O/c1-9(2)15-7-10-4-5-12(11(14)6-10)20-8-13-16-18-19(3)17-13/h4-6,9,15H,7-8H2,1-3H3. The summed E-state index contributed by atoms with van der Waals surface area (Å²) in [5, 5.41) is 15.5. The molecule has 0 spiro atoms. The fourth-order valence-electron chi connectivity index (χ4n) is 1.62. The van der Waals surface area contributed by atoms with Gasteiger partial charge in [-0.05, 0) is 22.9 Å². The van der Waals surface area contributed by atoms with Crippen LogP contribution in [-0.2, 0) is 20.2 Å². The molecule has 0 aliphatic carbocycles. The highest BCUT2D eigenvalue weighted by Gasteiger charge is 2.06. The van der Waals surface area contributed by atoms with Gasteiger partial charge < -0.3 is 10.1 Å². The maximum Gasteiger partial charge on any atom is 0.212 e. The van der Waals surface area contributed by atoms with Gasteiger partial charge in [0.2, 0.25) is 5.82 Å². The number of nitrogens with one attached hydrogen (secondary N) is 1. The number of aryl methyl sites for hydroxylation is 1. The summed E-state index contributed by atoms with van der Waals surface area (Å²) in [4.78, 5) is 1.39. The van der Waals surface area contributed by atoms with Gasteiger partial charge in [-0.25, -0.2) is 0 Å². The number of tetrazole rings is 1. The first kappa shape index (κ1) is 14.7. The monoisotopic (exact) mass is 295 g/mol. The largest absolute Gasteiger partial charge is 0.484 e. The van der Waals surface area contributed by atoms with E-state index >= 15 is 0 Å². The summed E-state index contributed by atoms with van der Waals surface area (Å²) in [6.07, 6.45) is 0. The average molecular weight is 296 g/mol. The Bertz CT molecular complexity index is 570. The van der Waals surface area contributed by atoms with Crippen molar-refractivity contribution in [2.24, 2.45) is 7.05 Å². The van der Waals surface area contributed by atoms with Gasteiger partial charge in [0, 0.05) is 12.6 Å². The third kappa shape index (κ3) is 4.18. The molecule has 1 heterocycles. The van der Waals surface area contributed by atoms with Gasteiger partial charge in [0.25, 0.3) is 0 Å². The minimum Gasteiger partial charge on any atom is -0.484 e. The fraction of sp³-hybridized carbons (Fsp3) is 0.462. The minimum atomic E-state index is 0.247. The van der Waals surface area contributed by atoms with Crippen LogP contribution >= 0.6 is 11.6 Å². The van der Waals surface area contributed by atoms with Gasteiger partial charge in [-0.2, -0.15) is 4.80 Å². The Morgan fingerprint density at radius 1 is 1.40 bits per heavy atom. The Labute approximate surface area is 123 Å². The lowest BCUT2D eigenvalue weighted by Gasteiger charge is -2.10. The van der Waals surface area contributed by atoms with Crippen molar-refractivity contribution in [3.63, 3.8) is 0 Å². The molecule has 0 saturated carbocycles. The van der Waals surface area contributed by atoms with Crippen LogP contribution in [0.2, 0.25) is 5.02 Å². The molecule has 0 aliphatic heterocycles. The van der Waals surface area contributed by atoms with Crippen LogP contribution in [0.4, 0.5) is 0 Å². The van der Waals surface area contributed by atoms with E-state index in [1.54, 1.807) is 7.05 Å². The van der Waals surface area contributed by atoms with Crippen LogP contribution in [0.25, 0.3) is 0 Å². The molecule has 108 valence electrons. The Hall–Kier alpha value is -1.66. The predicted molar refractivity (Wildman–Crippen MR) is 76.6 cm³/mol. The van der Waals surface area contributed by atoms with Crippen LogP contribution in [0, 0.1) is 0 Å². The van der Waals surface area contributed by atoms with Crippen LogP contribution < -0.4 is 10.1 Å². The van der Waals surface area contributed by atoms with Gasteiger partial charge >= 0.3 is 0 Å². The van der Waals surface area contributed by atoms with E-state index in [0.717, 1.165) is 12.1 Å². The zero-order valence-electron chi connectivity index (χ0n) is 11.8. The van der Waals surface area contributed by atoms with Crippen molar-refractivity contribution >= 4 is 11.6 Å². The molecule has 0 atom stereocenters. The lowest BCUT2D eigenvalue weighted by atomic mass is 10.2. The van der Waals surface area contributed by atoms with Crippen molar-refractivity contribution in [3.8, 4) is 5.75 Å². The number of nitrogens with zero attached hydrogens (tertiary/aromatic N) is 4. The van der Waals surface area contributed by atoms with Crippen LogP contribution in [-0.4, -0.2) is 26.2 Å². The van der Waals surface area contributed by atoms with Crippen LogP contribution in [0.3, 0.4) is 0 Å². The highest BCUT2D eigenvalue weighted by molar-refractivity contribution is 6.32. The lowest BCUT2D eigenvalue weighted by Crippen LogP contribution is -2.21. The predicted octanol–water partition coefficient (Wildman–Crippen LogP) is 1.94. The second-order valence-corrected chi connectivity index (χ2v) is 5.19. The lowest BCUT2D eigenvalue weighted by molar-refractivity contribution is 0.295. The number of hydrogen-bond acceptors (Lipinski definition) is 5. The number of benzene rings is 1. The van der Waals surface area contributed by atoms with E-state index in [-0.39, 0.29) is 6.61 Å². The third-order valence-corrected chi connectivity index (χ3v) is 2.91. The topological polar surface area (TPSA) is 64.9 Å². The first-order valence-corrected chi connectivity index (χ1v) is 6.80. The van der Waals surface area contributed by atoms with Gasteiger partial charge in [-0.15, -0.1) is 10.2 Å². The maximum atomic E-state index is 6.20. The van der Waals surface area contributed by atoms with Crippen molar-refractivity contribution in [2.75, 3.05) is 0 Å². The first-order valence-electron chi connectivity index (χ1n) is 6.42. The molecular weight excluding hydrogens is 278 g/mol. The van der Waals surface area contributed by atoms with E-state index in [9.17, 15) is 0 Å². The average Bonchev–Trinajstić information content (AvgIpc) is 2.81. The zero-order chi connectivity index (χ0) is 14.5. The van der Waals surface area contributed by atoms with Gasteiger partial charge in [0.1, 0.15) is 5.75 Å². The van der Waals surface area contributed by atoms with E-state index in [2.05, 4.69) is 34.6 Å². The fourth-order valence-corrected chi connectivity index (χ4v) is 1.87. The maximum absolute atomic E-state index is 6.20. The van der Waals surface area contributed by atoms with E-state index in [1.807, 2.05) is 18.2 Å². The zero-order valence-corrected chi connectivity index (χ0v) is 12.6. The van der Waals surface area contributed by atoms with Gasteiger partial charge in [-0.1, -0.05) is 31.5 Å². The first-order chi connectivity index (χ1) is 9.54. The molecule has 0 bridgehead atoms. The normalized spacial score (nSPS) is 11.1. The van der Waals surface area contributed by atoms with E-state index in [1.165, 1.54) is 4.80 Å². The van der Waals surface area contributed by atoms with Crippen molar-refractivity contribution in [2.45, 2.75) is 33.0 Å². The molecule has 0 amide bonds. The molecule has 0 unspecified atom stereocenters. The van der Waals surface area contributed by atoms with Crippen LogP contribution in [0.15, 0.2) is 18.2 Å². The summed E-state index contributed by atoms with van der Waals surface area (Å²) in [6.45, 7) is 5.24. The highest BCUT2D eigenvalue weighted by atomic mass is 35.5. The molecule has 6 nitrogen and oxygen atoms in total. The number of ether oxygens (including phenoxy) is 1.